The lowest BCUT2D eigenvalue weighted by atomic mass is 10.0. The minimum Gasteiger partial charge on any atom is -0.361 e. The lowest BCUT2D eigenvalue weighted by molar-refractivity contribution is -0.104. The first-order valence-corrected chi connectivity index (χ1v) is 6.44. The van der Waals surface area contributed by atoms with Crippen LogP contribution in [0.2, 0.25) is 0 Å². The molecule has 2 N–H and O–H groups in total. The summed E-state index contributed by atoms with van der Waals surface area (Å²) in [6.07, 6.45) is 3.81. The Bertz CT molecular complexity index is 786. The molecular weight excluding hydrogens is 308 g/mol. The number of ketones is 1. The van der Waals surface area contributed by atoms with Crippen molar-refractivity contribution in [3.05, 3.63) is 46.8 Å². The quantitative estimate of drug-likeness (QED) is 0.442. The molecule has 1 aromatic carbocycles. The lowest BCUT2D eigenvalue weighted by Crippen LogP contribution is -2.01. The molecule has 0 amide bonds. The largest absolute Gasteiger partial charge is 0.361 e. The third-order valence-corrected chi connectivity index (χ3v) is 3.67. The van der Waals surface area contributed by atoms with Crippen LogP contribution in [0.3, 0.4) is 0 Å². The second kappa shape index (κ2) is 4.51. The fraction of sp³-hybridized carbons (Fsp3) is 0. The molecule has 0 bridgehead atoms. The van der Waals surface area contributed by atoms with E-state index in [1.54, 1.807) is 6.20 Å². The topological polar surface area (TPSA) is 65.7 Å². The number of para-hydroxylation sites is 1. The van der Waals surface area contributed by atoms with Crippen LogP contribution in [-0.4, -0.2) is 22.0 Å². The van der Waals surface area contributed by atoms with Crippen LogP contribution >= 0.6 is 15.9 Å². The van der Waals surface area contributed by atoms with Crippen LogP contribution in [0.25, 0.3) is 22.0 Å². The highest BCUT2D eigenvalue weighted by Gasteiger charge is 2.19. The van der Waals surface area contributed by atoms with Crippen molar-refractivity contribution in [3.63, 3.8) is 0 Å². The summed E-state index contributed by atoms with van der Waals surface area (Å²) in [6.45, 7) is 0. The molecule has 0 aliphatic heterocycles. The van der Waals surface area contributed by atoms with Gasteiger partial charge < -0.3 is 9.97 Å². The smallest absolute Gasteiger partial charge is 0.242 e. The van der Waals surface area contributed by atoms with Crippen molar-refractivity contribution in [3.8, 4) is 11.1 Å². The number of Topliss-reactive ketones (excluding diaryl/α,β-unsaturated/α-hetero) is 1. The molecule has 5 heteroatoms. The molecule has 0 fully saturated rings. The van der Waals surface area contributed by atoms with Gasteiger partial charge in [-0.05, 0) is 22.0 Å². The molecule has 0 unspecified atom stereocenters. The maximum Gasteiger partial charge on any atom is 0.242 e. The van der Waals surface area contributed by atoms with Gasteiger partial charge in [-0.3, -0.25) is 9.59 Å². The zero-order valence-corrected chi connectivity index (χ0v) is 11.3. The summed E-state index contributed by atoms with van der Waals surface area (Å²) in [7, 11) is 0. The standard InChI is InChI=1S/C14H9BrN2O2/c15-10-6-17-14(12(19)7-18)13(10)9-5-16-11-4-2-1-3-8(9)11/h1-7,16-17H. The van der Waals surface area contributed by atoms with Gasteiger partial charge in [0.1, 0.15) is 0 Å². The van der Waals surface area contributed by atoms with Gasteiger partial charge in [-0.25, -0.2) is 0 Å². The third kappa shape index (κ3) is 1.82. The van der Waals surface area contributed by atoms with Gasteiger partial charge in [0.2, 0.25) is 5.78 Å². The van der Waals surface area contributed by atoms with Crippen LogP contribution in [0, 0.1) is 0 Å². The highest BCUT2D eigenvalue weighted by Crippen LogP contribution is 2.36. The number of carbonyl (C=O) groups is 2. The third-order valence-electron chi connectivity index (χ3n) is 3.04. The summed E-state index contributed by atoms with van der Waals surface area (Å²) < 4.78 is 0.752. The maximum absolute atomic E-state index is 11.6. The van der Waals surface area contributed by atoms with Crippen LogP contribution in [0.4, 0.5) is 0 Å². The molecule has 19 heavy (non-hydrogen) atoms. The Morgan fingerprint density at radius 3 is 2.74 bits per heavy atom. The first-order chi connectivity index (χ1) is 9.22. The number of hydrogen-bond acceptors (Lipinski definition) is 2. The summed E-state index contributed by atoms with van der Waals surface area (Å²) in [5.74, 6) is -0.564. The zero-order valence-electron chi connectivity index (χ0n) is 9.74. The van der Waals surface area contributed by atoms with E-state index in [-0.39, 0.29) is 0 Å². The van der Waals surface area contributed by atoms with Gasteiger partial charge in [-0.2, -0.15) is 0 Å². The Morgan fingerprint density at radius 2 is 1.95 bits per heavy atom. The van der Waals surface area contributed by atoms with Crippen LogP contribution in [-0.2, 0) is 4.79 Å². The molecular formula is C14H9BrN2O2. The summed E-state index contributed by atoms with van der Waals surface area (Å²) in [6, 6.07) is 7.80. The molecule has 0 saturated heterocycles. The summed E-state index contributed by atoms with van der Waals surface area (Å²) >= 11 is 3.41. The number of carbonyl (C=O) groups excluding carboxylic acids is 2. The SMILES string of the molecule is O=CC(=O)c1[nH]cc(Br)c1-c1c[nH]c2ccccc12. The predicted octanol–water partition coefficient (Wildman–Crippen LogP) is 3.31. The Kier molecular flexibility index (Phi) is 2.83. The van der Waals surface area contributed by atoms with E-state index in [0.717, 1.165) is 20.9 Å². The van der Waals surface area contributed by atoms with Crippen molar-refractivity contribution in [2.45, 2.75) is 0 Å². The van der Waals surface area contributed by atoms with E-state index in [2.05, 4.69) is 25.9 Å². The highest BCUT2D eigenvalue weighted by atomic mass is 79.9. The first kappa shape index (κ1) is 11.9. The van der Waals surface area contributed by atoms with E-state index in [0.29, 0.717) is 17.5 Å². The van der Waals surface area contributed by atoms with Crippen molar-refractivity contribution in [1.82, 2.24) is 9.97 Å². The molecule has 0 aliphatic rings. The van der Waals surface area contributed by atoms with E-state index in [1.807, 2.05) is 30.5 Å². The number of rotatable bonds is 3. The Balaban J connectivity index is 2.30. The normalized spacial score (nSPS) is 10.8. The number of aromatic nitrogens is 2. The molecule has 2 heterocycles. The molecule has 0 atom stereocenters. The second-order valence-corrected chi connectivity index (χ2v) is 4.97. The molecule has 3 rings (SSSR count). The number of hydrogen-bond donors (Lipinski definition) is 2. The van der Waals surface area contributed by atoms with Gasteiger partial charge in [-0.1, -0.05) is 18.2 Å². The molecule has 0 saturated carbocycles. The second-order valence-electron chi connectivity index (χ2n) is 4.12. The van der Waals surface area contributed by atoms with Gasteiger partial charge in [0, 0.05) is 38.9 Å². The first-order valence-electron chi connectivity index (χ1n) is 5.65. The fourth-order valence-electron chi connectivity index (χ4n) is 2.19. The van der Waals surface area contributed by atoms with E-state index >= 15 is 0 Å². The Labute approximate surface area is 117 Å². The molecule has 3 aromatic rings. The van der Waals surface area contributed by atoms with Crippen LogP contribution in [0.15, 0.2) is 41.1 Å². The van der Waals surface area contributed by atoms with Crippen LogP contribution < -0.4 is 0 Å². The summed E-state index contributed by atoms with van der Waals surface area (Å²) in [5, 5.41) is 1.00. The maximum atomic E-state index is 11.6. The number of aromatic amines is 2. The molecule has 94 valence electrons. The van der Waals surface area contributed by atoms with Crippen LogP contribution in [0.5, 0.6) is 0 Å². The van der Waals surface area contributed by atoms with Crippen molar-refractivity contribution in [1.29, 1.82) is 0 Å². The minimum absolute atomic E-state index is 0.298. The zero-order chi connectivity index (χ0) is 13.4. The number of fused-ring (bicyclic) bond motifs is 1. The highest BCUT2D eigenvalue weighted by molar-refractivity contribution is 9.10. The van der Waals surface area contributed by atoms with Gasteiger partial charge >= 0.3 is 0 Å². The van der Waals surface area contributed by atoms with Gasteiger partial charge in [0.15, 0.2) is 6.29 Å². The van der Waals surface area contributed by atoms with E-state index in [9.17, 15) is 9.59 Å². The van der Waals surface area contributed by atoms with Gasteiger partial charge in [-0.15, -0.1) is 0 Å². The fourth-order valence-corrected chi connectivity index (χ4v) is 2.72. The number of benzene rings is 1. The van der Waals surface area contributed by atoms with Crippen molar-refractivity contribution in [2.75, 3.05) is 0 Å². The lowest BCUT2D eigenvalue weighted by Gasteiger charge is -2.00. The number of aldehydes is 1. The van der Waals surface area contributed by atoms with E-state index < -0.39 is 5.78 Å². The number of nitrogens with one attached hydrogen (secondary N) is 2. The number of halogens is 1. The van der Waals surface area contributed by atoms with Crippen LogP contribution in [0.1, 0.15) is 10.5 Å². The molecule has 4 nitrogen and oxygen atoms in total. The molecule has 2 aromatic heterocycles. The average molecular weight is 317 g/mol. The Morgan fingerprint density at radius 1 is 1.16 bits per heavy atom. The van der Waals surface area contributed by atoms with E-state index in [4.69, 9.17) is 0 Å². The minimum atomic E-state index is -0.564. The predicted molar refractivity (Wildman–Crippen MR) is 76.2 cm³/mol. The van der Waals surface area contributed by atoms with E-state index in [1.165, 1.54) is 0 Å². The monoisotopic (exact) mass is 316 g/mol. The van der Waals surface area contributed by atoms with Gasteiger partial charge in [0.25, 0.3) is 0 Å². The van der Waals surface area contributed by atoms with Crippen molar-refractivity contribution < 1.29 is 9.59 Å². The molecule has 0 radical (unpaired) electrons. The number of H-pyrrole nitrogens is 2. The summed E-state index contributed by atoms with van der Waals surface area (Å²) in [5.41, 5.74) is 2.87. The molecule has 0 spiro atoms. The Hall–Kier alpha value is -2.14. The van der Waals surface area contributed by atoms with Crippen molar-refractivity contribution >= 4 is 38.9 Å². The average Bonchev–Trinajstić information content (AvgIpc) is 3.01. The van der Waals surface area contributed by atoms with Crippen molar-refractivity contribution in [2.24, 2.45) is 0 Å². The summed E-state index contributed by atoms with van der Waals surface area (Å²) in [4.78, 5) is 28.3. The van der Waals surface area contributed by atoms with Gasteiger partial charge in [0.05, 0.1) is 5.69 Å². The molecule has 0 aliphatic carbocycles.